The fourth-order valence-electron chi connectivity index (χ4n) is 2.57. The van der Waals surface area contributed by atoms with Crippen LogP contribution < -0.4 is 4.74 Å². The highest BCUT2D eigenvalue weighted by atomic mass is 16.5. The summed E-state index contributed by atoms with van der Waals surface area (Å²) in [6.45, 7) is 5.68. The molecule has 0 N–H and O–H groups in total. The number of ether oxygens (including phenoxy) is 1. The molecule has 0 amide bonds. The Hall–Kier alpha value is -1.09. The quantitative estimate of drug-likeness (QED) is 0.783. The molecule has 2 heterocycles. The van der Waals surface area contributed by atoms with E-state index in [2.05, 4.69) is 29.8 Å². The molecule has 1 aromatic heterocycles. The summed E-state index contributed by atoms with van der Waals surface area (Å²) in [5.74, 6) is 0.778. The normalized spacial score (nSPS) is 21.6. The first kappa shape index (κ1) is 11.4. The zero-order chi connectivity index (χ0) is 11.5. The number of rotatable bonds is 3. The van der Waals surface area contributed by atoms with Gasteiger partial charge in [-0.25, -0.2) is 4.98 Å². The van der Waals surface area contributed by atoms with Gasteiger partial charge in [-0.3, -0.25) is 4.90 Å². The lowest BCUT2D eigenvalue weighted by atomic mass is 10.1. The molecule has 0 spiro atoms. The number of hydrogen-bond acceptors (Lipinski definition) is 3. The van der Waals surface area contributed by atoms with Crippen LogP contribution in [-0.2, 0) is 0 Å². The fourth-order valence-corrected chi connectivity index (χ4v) is 2.57. The highest BCUT2D eigenvalue weighted by Crippen LogP contribution is 2.36. The van der Waals surface area contributed by atoms with Crippen LogP contribution in [0.2, 0.25) is 0 Å². The molecule has 0 saturated carbocycles. The van der Waals surface area contributed by atoms with E-state index in [1.165, 1.54) is 24.9 Å². The first-order valence-electron chi connectivity index (χ1n) is 5.98. The van der Waals surface area contributed by atoms with Crippen LogP contribution in [0.5, 0.6) is 5.88 Å². The van der Waals surface area contributed by atoms with Crippen LogP contribution in [0, 0.1) is 0 Å². The van der Waals surface area contributed by atoms with Gasteiger partial charge in [0.1, 0.15) is 0 Å². The number of methoxy groups -OCH3 is 1. The maximum absolute atomic E-state index is 5.35. The third-order valence-corrected chi connectivity index (χ3v) is 3.31. The summed E-state index contributed by atoms with van der Waals surface area (Å²) in [6, 6.07) is 5.19. The molecule has 0 bridgehead atoms. The maximum Gasteiger partial charge on any atom is 0.217 e. The average Bonchev–Trinajstić information content (AvgIpc) is 2.77. The van der Waals surface area contributed by atoms with Crippen molar-refractivity contribution in [3.8, 4) is 5.88 Å². The molecule has 1 atom stereocenters. The van der Waals surface area contributed by atoms with E-state index < -0.39 is 0 Å². The summed E-state index contributed by atoms with van der Waals surface area (Å²) in [5.41, 5.74) is 1.23. The number of hydrogen-bond donors (Lipinski definition) is 0. The van der Waals surface area contributed by atoms with Gasteiger partial charge in [0, 0.05) is 23.8 Å². The van der Waals surface area contributed by atoms with E-state index in [0.717, 1.165) is 5.88 Å². The highest BCUT2D eigenvalue weighted by molar-refractivity contribution is 5.29. The third-order valence-electron chi connectivity index (χ3n) is 3.31. The Morgan fingerprint density at radius 3 is 3.00 bits per heavy atom. The van der Waals surface area contributed by atoms with Crippen molar-refractivity contribution in [1.82, 2.24) is 9.88 Å². The molecule has 16 heavy (non-hydrogen) atoms. The minimum absolute atomic E-state index is 0.476. The van der Waals surface area contributed by atoms with Crippen molar-refractivity contribution in [2.75, 3.05) is 13.7 Å². The van der Waals surface area contributed by atoms with Crippen LogP contribution in [-0.4, -0.2) is 29.6 Å². The zero-order valence-corrected chi connectivity index (χ0v) is 10.3. The van der Waals surface area contributed by atoms with Gasteiger partial charge in [0.2, 0.25) is 5.88 Å². The van der Waals surface area contributed by atoms with Crippen LogP contribution in [0.15, 0.2) is 18.3 Å². The summed E-state index contributed by atoms with van der Waals surface area (Å²) in [7, 11) is 1.69. The number of likely N-dealkylation sites (tertiary alicyclic amines) is 1. The van der Waals surface area contributed by atoms with Crippen molar-refractivity contribution in [3.05, 3.63) is 23.9 Å². The molecule has 0 aliphatic carbocycles. The van der Waals surface area contributed by atoms with Gasteiger partial charge in [0.05, 0.1) is 7.11 Å². The highest BCUT2D eigenvalue weighted by Gasteiger charge is 2.30. The minimum Gasteiger partial charge on any atom is -0.481 e. The van der Waals surface area contributed by atoms with E-state index in [1.54, 1.807) is 13.3 Å². The van der Waals surface area contributed by atoms with Gasteiger partial charge in [-0.1, -0.05) is 6.07 Å². The van der Waals surface area contributed by atoms with Crippen LogP contribution >= 0.6 is 0 Å². The molecule has 0 radical (unpaired) electrons. The second-order valence-corrected chi connectivity index (χ2v) is 4.59. The Bertz CT molecular complexity index is 352. The van der Waals surface area contributed by atoms with Crippen molar-refractivity contribution in [2.45, 2.75) is 38.8 Å². The molecule has 3 nitrogen and oxygen atoms in total. The Morgan fingerprint density at radius 1 is 1.50 bits per heavy atom. The van der Waals surface area contributed by atoms with Gasteiger partial charge in [0.25, 0.3) is 0 Å². The van der Waals surface area contributed by atoms with Crippen molar-refractivity contribution >= 4 is 0 Å². The predicted octanol–water partition coefficient (Wildman–Crippen LogP) is 2.64. The molecule has 3 heteroatoms. The summed E-state index contributed by atoms with van der Waals surface area (Å²) >= 11 is 0. The number of nitrogens with zero attached hydrogens (tertiary/aromatic N) is 2. The van der Waals surface area contributed by atoms with E-state index in [-0.39, 0.29) is 0 Å². The van der Waals surface area contributed by atoms with Crippen LogP contribution in [0.3, 0.4) is 0 Å². The molecule has 88 valence electrons. The molecule has 1 aliphatic heterocycles. The van der Waals surface area contributed by atoms with Crippen LogP contribution in [0.4, 0.5) is 0 Å². The molecule has 1 aliphatic rings. The van der Waals surface area contributed by atoms with Gasteiger partial charge < -0.3 is 4.74 Å². The second kappa shape index (κ2) is 4.83. The van der Waals surface area contributed by atoms with Crippen molar-refractivity contribution in [2.24, 2.45) is 0 Å². The predicted molar refractivity (Wildman–Crippen MR) is 64.6 cm³/mol. The summed E-state index contributed by atoms with van der Waals surface area (Å²) < 4.78 is 5.35. The van der Waals surface area contributed by atoms with Gasteiger partial charge in [-0.05, 0) is 39.3 Å². The van der Waals surface area contributed by atoms with Crippen LogP contribution in [0.1, 0.15) is 38.3 Å². The SMILES string of the molecule is COc1ncccc1[C@H]1CCCN1C(C)C. The third kappa shape index (κ3) is 2.05. The van der Waals surface area contributed by atoms with E-state index in [4.69, 9.17) is 4.74 Å². The van der Waals surface area contributed by atoms with Crippen LogP contribution in [0.25, 0.3) is 0 Å². The van der Waals surface area contributed by atoms with Gasteiger partial charge in [0.15, 0.2) is 0 Å². The molecule has 2 rings (SSSR count). The van der Waals surface area contributed by atoms with Crippen molar-refractivity contribution in [1.29, 1.82) is 0 Å². The van der Waals surface area contributed by atoms with Gasteiger partial charge >= 0.3 is 0 Å². The van der Waals surface area contributed by atoms with Gasteiger partial charge in [-0.2, -0.15) is 0 Å². The molecule has 0 aromatic carbocycles. The first-order chi connectivity index (χ1) is 7.74. The van der Waals surface area contributed by atoms with Crippen molar-refractivity contribution in [3.63, 3.8) is 0 Å². The fraction of sp³-hybridized carbons (Fsp3) is 0.615. The maximum atomic E-state index is 5.35. The van der Waals surface area contributed by atoms with E-state index in [0.29, 0.717) is 12.1 Å². The Morgan fingerprint density at radius 2 is 2.31 bits per heavy atom. The van der Waals surface area contributed by atoms with E-state index in [1.807, 2.05) is 6.07 Å². The lowest BCUT2D eigenvalue weighted by molar-refractivity contribution is 0.201. The zero-order valence-electron chi connectivity index (χ0n) is 10.3. The molecule has 1 aromatic rings. The summed E-state index contributed by atoms with van der Waals surface area (Å²) in [6.07, 6.45) is 4.26. The smallest absolute Gasteiger partial charge is 0.217 e. The second-order valence-electron chi connectivity index (χ2n) is 4.59. The average molecular weight is 220 g/mol. The van der Waals surface area contributed by atoms with E-state index in [9.17, 15) is 0 Å². The van der Waals surface area contributed by atoms with Gasteiger partial charge in [-0.15, -0.1) is 0 Å². The molecule has 0 unspecified atom stereocenters. The number of aromatic nitrogens is 1. The lowest BCUT2D eigenvalue weighted by Gasteiger charge is -2.29. The first-order valence-corrected chi connectivity index (χ1v) is 5.98. The van der Waals surface area contributed by atoms with Crippen molar-refractivity contribution < 1.29 is 4.74 Å². The summed E-state index contributed by atoms with van der Waals surface area (Å²) in [4.78, 5) is 6.81. The Labute approximate surface area is 97.4 Å². The molecule has 1 saturated heterocycles. The largest absolute Gasteiger partial charge is 0.481 e. The standard InChI is InChI=1S/C13H20N2O/c1-10(2)15-9-5-7-12(15)11-6-4-8-14-13(11)16-3/h4,6,8,10,12H,5,7,9H2,1-3H3/t12-/m1/s1. The lowest BCUT2D eigenvalue weighted by Crippen LogP contribution is -2.30. The summed E-state index contributed by atoms with van der Waals surface area (Å²) in [5, 5.41) is 0. The molecular weight excluding hydrogens is 200 g/mol. The monoisotopic (exact) mass is 220 g/mol. The number of pyridine rings is 1. The Balaban J connectivity index is 2.28. The minimum atomic E-state index is 0.476. The van der Waals surface area contributed by atoms with E-state index >= 15 is 0 Å². The topological polar surface area (TPSA) is 25.4 Å². The molecular formula is C13H20N2O. The Kier molecular flexibility index (Phi) is 3.44. The molecule has 1 fully saturated rings.